The molecule has 6 nitrogen and oxygen atoms in total. The summed E-state index contributed by atoms with van der Waals surface area (Å²) >= 11 is 6.07. The largest absolute Gasteiger partial charge is 0.497 e. The highest BCUT2D eigenvalue weighted by atomic mass is 35.5. The fourth-order valence-electron chi connectivity index (χ4n) is 2.97. The van der Waals surface area contributed by atoms with Crippen LogP contribution in [0.4, 0.5) is 0 Å². The third-order valence-electron chi connectivity index (χ3n) is 4.62. The molecule has 162 valence electrons. The molecule has 7 heteroatoms. The van der Waals surface area contributed by atoms with E-state index in [1.54, 1.807) is 31.1 Å². The van der Waals surface area contributed by atoms with Gasteiger partial charge < -0.3 is 19.7 Å². The number of rotatable bonds is 11. The van der Waals surface area contributed by atoms with Gasteiger partial charge in [-0.05, 0) is 62.2 Å². The van der Waals surface area contributed by atoms with Crippen molar-refractivity contribution >= 4 is 23.4 Å². The van der Waals surface area contributed by atoms with Crippen LogP contribution in [-0.2, 0) is 16.1 Å². The van der Waals surface area contributed by atoms with E-state index in [9.17, 15) is 9.59 Å². The number of benzene rings is 2. The van der Waals surface area contributed by atoms with Crippen LogP contribution in [-0.4, -0.2) is 43.0 Å². The van der Waals surface area contributed by atoms with Gasteiger partial charge in [-0.3, -0.25) is 9.59 Å². The lowest BCUT2D eigenvalue weighted by Gasteiger charge is -2.29. The Morgan fingerprint density at radius 3 is 2.47 bits per heavy atom. The highest BCUT2D eigenvalue weighted by molar-refractivity contribution is 6.30. The molecule has 0 unspecified atom stereocenters. The molecule has 2 aromatic carbocycles. The van der Waals surface area contributed by atoms with E-state index in [4.69, 9.17) is 21.1 Å². The molecule has 0 aliphatic carbocycles. The Bertz CT molecular complexity index is 826. The first-order valence-corrected chi connectivity index (χ1v) is 10.4. The zero-order valence-electron chi connectivity index (χ0n) is 17.7. The van der Waals surface area contributed by atoms with E-state index in [2.05, 4.69) is 5.32 Å². The van der Waals surface area contributed by atoms with Crippen molar-refractivity contribution in [1.29, 1.82) is 0 Å². The maximum atomic E-state index is 12.9. The first kappa shape index (κ1) is 23.5. The third kappa shape index (κ3) is 7.26. The van der Waals surface area contributed by atoms with Gasteiger partial charge in [0.2, 0.25) is 11.8 Å². The van der Waals surface area contributed by atoms with E-state index < -0.39 is 6.04 Å². The molecule has 0 spiro atoms. The summed E-state index contributed by atoms with van der Waals surface area (Å²) in [6, 6.07) is 14.0. The van der Waals surface area contributed by atoms with E-state index in [1.165, 1.54) is 0 Å². The predicted octanol–water partition coefficient (Wildman–Crippen LogP) is 4.06. The minimum Gasteiger partial charge on any atom is -0.497 e. The summed E-state index contributed by atoms with van der Waals surface area (Å²) in [5, 5.41) is 3.38. The third-order valence-corrected chi connectivity index (χ3v) is 4.86. The summed E-state index contributed by atoms with van der Waals surface area (Å²) in [5.41, 5.74) is 0.876. The van der Waals surface area contributed by atoms with Crippen LogP contribution < -0.4 is 14.8 Å². The van der Waals surface area contributed by atoms with E-state index >= 15 is 0 Å². The quantitative estimate of drug-likeness (QED) is 0.544. The molecule has 2 aromatic rings. The zero-order chi connectivity index (χ0) is 21.9. The number of hydrogen-bond donors (Lipinski definition) is 1. The Morgan fingerprint density at radius 2 is 1.83 bits per heavy atom. The van der Waals surface area contributed by atoms with Gasteiger partial charge in [0.25, 0.3) is 0 Å². The smallest absolute Gasteiger partial charge is 0.242 e. The van der Waals surface area contributed by atoms with Crippen LogP contribution in [0.1, 0.15) is 32.3 Å². The number of nitrogens with one attached hydrogen (secondary N) is 1. The SMILES string of the molecule is CCNC(=O)[C@H](C)N(Cc1cccc(Cl)c1)C(=O)CCCOc1ccc(OC)cc1. The fraction of sp³-hybridized carbons (Fsp3) is 0.391. The number of halogens is 1. The molecule has 0 aliphatic rings. The van der Waals surface area contributed by atoms with Gasteiger partial charge in [-0.1, -0.05) is 23.7 Å². The van der Waals surface area contributed by atoms with Crippen molar-refractivity contribution in [2.45, 2.75) is 39.3 Å². The van der Waals surface area contributed by atoms with Gasteiger partial charge in [-0.2, -0.15) is 0 Å². The number of nitrogens with zero attached hydrogens (tertiary/aromatic N) is 1. The number of carbonyl (C=O) groups is 2. The summed E-state index contributed by atoms with van der Waals surface area (Å²) in [6.45, 7) is 4.82. The van der Waals surface area contributed by atoms with Gasteiger partial charge >= 0.3 is 0 Å². The Hall–Kier alpha value is -2.73. The molecule has 0 bridgehead atoms. The normalized spacial score (nSPS) is 11.5. The molecular weight excluding hydrogens is 404 g/mol. The summed E-state index contributed by atoms with van der Waals surface area (Å²) in [6.07, 6.45) is 0.819. The average Bonchev–Trinajstić information content (AvgIpc) is 2.75. The van der Waals surface area contributed by atoms with Crippen LogP contribution in [0.5, 0.6) is 11.5 Å². The molecule has 0 aliphatic heterocycles. The second-order valence-corrected chi connectivity index (χ2v) is 7.29. The van der Waals surface area contributed by atoms with Gasteiger partial charge in [0.15, 0.2) is 0 Å². The minimum absolute atomic E-state index is 0.105. The van der Waals surface area contributed by atoms with Gasteiger partial charge in [-0.15, -0.1) is 0 Å². The van der Waals surface area contributed by atoms with Crippen LogP contribution in [0, 0.1) is 0 Å². The summed E-state index contributed by atoms with van der Waals surface area (Å²) in [7, 11) is 1.61. The Morgan fingerprint density at radius 1 is 1.13 bits per heavy atom. The van der Waals surface area contributed by atoms with Crippen LogP contribution in [0.3, 0.4) is 0 Å². The number of ether oxygens (including phenoxy) is 2. The number of amides is 2. The van der Waals surface area contributed by atoms with Crippen molar-refractivity contribution in [3.05, 3.63) is 59.1 Å². The highest BCUT2D eigenvalue weighted by Gasteiger charge is 2.25. The van der Waals surface area contributed by atoms with E-state index in [-0.39, 0.29) is 18.2 Å². The molecule has 30 heavy (non-hydrogen) atoms. The molecule has 0 heterocycles. The molecule has 1 atom stereocenters. The Balaban J connectivity index is 1.95. The van der Waals surface area contributed by atoms with Gasteiger partial charge in [0.05, 0.1) is 13.7 Å². The molecule has 2 rings (SSSR count). The van der Waals surface area contributed by atoms with Gasteiger partial charge in [-0.25, -0.2) is 0 Å². The van der Waals surface area contributed by atoms with Crippen molar-refractivity contribution in [3.63, 3.8) is 0 Å². The van der Waals surface area contributed by atoms with Crippen molar-refractivity contribution < 1.29 is 19.1 Å². The van der Waals surface area contributed by atoms with Crippen molar-refractivity contribution in [2.24, 2.45) is 0 Å². The first-order valence-electron chi connectivity index (χ1n) is 10.0. The Kier molecular flexibility index (Phi) is 9.48. The highest BCUT2D eigenvalue weighted by Crippen LogP contribution is 2.18. The van der Waals surface area contributed by atoms with Gasteiger partial charge in [0, 0.05) is 24.5 Å². The van der Waals surface area contributed by atoms with E-state index in [0.29, 0.717) is 31.1 Å². The summed E-state index contributed by atoms with van der Waals surface area (Å²) < 4.78 is 10.8. The van der Waals surface area contributed by atoms with Crippen LogP contribution >= 0.6 is 11.6 Å². The monoisotopic (exact) mass is 432 g/mol. The number of likely N-dealkylation sites (N-methyl/N-ethyl adjacent to an activating group) is 1. The van der Waals surface area contributed by atoms with E-state index in [1.807, 2.05) is 43.3 Å². The van der Waals surface area contributed by atoms with Crippen LogP contribution in [0.15, 0.2) is 48.5 Å². The molecule has 0 fully saturated rings. The molecule has 1 N–H and O–H groups in total. The average molecular weight is 433 g/mol. The second-order valence-electron chi connectivity index (χ2n) is 6.85. The van der Waals surface area contributed by atoms with E-state index in [0.717, 1.165) is 17.1 Å². The minimum atomic E-state index is -0.584. The second kappa shape index (κ2) is 12.1. The Labute approximate surface area is 183 Å². The summed E-state index contributed by atoms with van der Waals surface area (Å²) in [4.78, 5) is 26.9. The molecule has 0 saturated heterocycles. The van der Waals surface area contributed by atoms with Crippen LogP contribution in [0.2, 0.25) is 5.02 Å². The van der Waals surface area contributed by atoms with Crippen molar-refractivity contribution in [2.75, 3.05) is 20.3 Å². The molecule has 0 saturated carbocycles. The van der Waals surface area contributed by atoms with Gasteiger partial charge in [0.1, 0.15) is 17.5 Å². The predicted molar refractivity (Wildman–Crippen MR) is 118 cm³/mol. The van der Waals surface area contributed by atoms with Crippen LogP contribution in [0.25, 0.3) is 0 Å². The topological polar surface area (TPSA) is 67.9 Å². The maximum absolute atomic E-state index is 12.9. The first-order chi connectivity index (χ1) is 14.4. The summed E-state index contributed by atoms with van der Waals surface area (Å²) in [5.74, 6) is 1.19. The molecule has 0 aromatic heterocycles. The van der Waals surface area contributed by atoms with Crippen molar-refractivity contribution in [1.82, 2.24) is 10.2 Å². The maximum Gasteiger partial charge on any atom is 0.242 e. The molecule has 2 amide bonds. The number of methoxy groups -OCH3 is 1. The lowest BCUT2D eigenvalue weighted by Crippen LogP contribution is -2.47. The number of carbonyl (C=O) groups excluding carboxylic acids is 2. The standard InChI is InChI=1S/C23H29ClN2O4/c1-4-25-23(28)17(2)26(16-18-7-5-8-19(24)15-18)22(27)9-6-14-30-21-12-10-20(29-3)11-13-21/h5,7-8,10-13,15,17H,4,6,9,14,16H2,1-3H3,(H,25,28)/t17-/m0/s1. The lowest BCUT2D eigenvalue weighted by atomic mass is 10.1. The number of hydrogen-bond acceptors (Lipinski definition) is 4. The van der Waals surface area contributed by atoms with Crippen molar-refractivity contribution in [3.8, 4) is 11.5 Å². The zero-order valence-corrected chi connectivity index (χ0v) is 18.4. The lowest BCUT2D eigenvalue weighted by molar-refractivity contribution is -0.140. The molecular formula is C23H29ClN2O4. The molecule has 0 radical (unpaired) electrons. The fourth-order valence-corrected chi connectivity index (χ4v) is 3.18.